The molecule has 124 valence electrons. The SMILES string of the molecule is CCCc1ncc2c(n1)CN(Cc1c(C)[nH]c3ccccc13)CC2. The minimum atomic E-state index is 0.924. The normalized spacial score (nSPS) is 14.9. The first-order valence-electron chi connectivity index (χ1n) is 8.87. The molecule has 0 unspecified atom stereocenters. The molecule has 2 aromatic heterocycles. The molecule has 4 heteroatoms. The van der Waals surface area contributed by atoms with Gasteiger partial charge in [-0.15, -0.1) is 0 Å². The number of hydrogen-bond acceptors (Lipinski definition) is 3. The second kappa shape index (κ2) is 6.36. The number of aryl methyl sites for hydroxylation is 2. The Morgan fingerprint density at radius 3 is 3.00 bits per heavy atom. The topological polar surface area (TPSA) is 44.8 Å². The molecule has 1 aliphatic rings. The highest BCUT2D eigenvalue weighted by atomic mass is 15.1. The van der Waals surface area contributed by atoms with Crippen LogP contribution in [0.25, 0.3) is 10.9 Å². The van der Waals surface area contributed by atoms with Crippen molar-refractivity contribution in [2.75, 3.05) is 6.54 Å². The molecule has 0 amide bonds. The Kier molecular flexibility index (Phi) is 4.07. The molecule has 3 heterocycles. The van der Waals surface area contributed by atoms with Crippen LogP contribution >= 0.6 is 0 Å². The van der Waals surface area contributed by atoms with Crippen LogP contribution in [0.15, 0.2) is 30.5 Å². The molecule has 1 N–H and O–H groups in total. The molecule has 4 nitrogen and oxygen atoms in total. The van der Waals surface area contributed by atoms with Crippen LogP contribution in [0.4, 0.5) is 0 Å². The van der Waals surface area contributed by atoms with Gasteiger partial charge in [0.1, 0.15) is 5.82 Å². The second-order valence-corrected chi connectivity index (χ2v) is 6.74. The van der Waals surface area contributed by atoms with E-state index in [1.165, 1.54) is 33.4 Å². The van der Waals surface area contributed by atoms with E-state index in [1.54, 1.807) is 0 Å². The molecule has 0 radical (unpaired) electrons. The highest BCUT2D eigenvalue weighted by Gasteiger charge is 2.20. The van der Waals surface area contributed by atoms with Gasteiger partial charge >= 0.3 is 0 Å². The molecule has 0 fully saturated rings. The predicted octanol–water partition coefficient (Wildman–Crippen LogP) is 3.78. The first-order chi connectivity index (χ1) is 11.7. The standard InChI is InChI=1S/C20H24N4/c1-3-6-20-21-11-15-9-10-24(13-19(15)23-20)12-17-14(2)22-18-8-5-4-7-16(17)18/h4-5,7-8,11,22H,3,6,9-10,12-13H2,1-2H3. The monoisotopic (exact) mass is 320 g/mol. The summed E-state index contributed by atoms with van der Waals surface area (Å²) in [7, 11) is 0. The fourth-order valence-electron chi connectivity index (χ4n) is 3.64. The fourth-order valence-corrected chi connectivity index (χ4v) is 3.64. The summed E-state index contributed by atoms with van der Waals surface area (Å²) in [5.74, 6) is 0.987. The van der Waals surface area contributed by atoms with E-state index in [1.807, 2.05) is 6.20 Å². The number of aromatic amines is 1. The Hall–Kier alpha value is -2.20. The van der Waals surface area contributed by atoms with Crippen LogP contribution in [-0.2, 0) is 25.9 Å². The quantitative estimate of drug-likeness (QED) is 0.796. The van der Waals surface area contributed by atoms with E-state index in [0.29, 0.717) is 0 Å². The van der Waals surface area contributed by atoms with Crippen LogP contribution in [0.3, 0.4) is 0 Å². The van der Waals surface area contributed by atoms with Gasteiger partial charge in [0.15, 0.2) is 0 Å². The maximum Gasteiger partial charge on any atom is 0.128 e. The lowest BCUT2D eigenvalue weighted by molar-refractivity contribution is 0.241. The molecular weight excluding hydrogens is 296 g/mol. The molecule has 0 saturated heterocycles. The van der Waals surface area contributed by atoms with Gasteiger partial charge in [0.25, 0.3) is 0 Å². The number of H-pyrrole nitrogens is 1. The molecule has 0 atom stereocenters. The summed E-state index contributed by atoms with van der Waals surface area (Å²) in [4.78, 5) is 15.3. The Bertz CT molecular complexity index is 865. The van der Waals surface area contributed by atoms with Crippen molar-refractivity contribution < 1.29 is 0 Å². The zero-order valence-corrected chi connectivity index (χ0v) is 14.5. The van der Waals surface area contributed by atoms with E-state index in [9.17, 15) is 0 Å². The fraction of sp³-hybridized carbons (Fsp3) is 0.400. The van der Waals surface area contributed by atoms with Crippen LogP contribution < -0.4 is 0 Å². The third-order valence-corrected chi connectivity index (χ3v) is 4.96. The lowest BCUT2D eigenvalue weighted by atomic mass is 10.0. The minimum absolute atomic E-state index is 0.924. The van der Waals surface area contributed by atoms with Crippen molar-refractivity contribution in [3.05, 3.63) is 58.8 Å². The third-order valence-electron chi connectivity index (χ3n) is 4.96. The molecule has 1 aliphatic heterocycles. The number of para-hydroxylation sites is 1. The summed E-state index contributed by atoms with van der Waals surface area (Å²) < 4.78 is 0. The number of nitrogens with one attached hydrogen (secondary N) is 1. The number of benzene rings is 1. The van der Waals surface area contributed by atoms with Gasteiger partial charge in [-0.05, 0) is 37.0 Å². The van der Waals surface area contributed by atoms with Crippen LogP contribution in [0.2, 0.25) is 0 Å². The summed E-state index contributed by atoms with van der Waals surface area (Å²) in [6.45, 7) is 7.32. The molecule has 0 aliphatic carbocycles. The summed E-state index contributed by atoms with van der Waals surface area (Å²) in [5, 5.41) is 1.34. The molecule has 0 saturated carbocycles. The van der Waals surface area contributed by atoms with E-state index in [2.05, 4.69) is 53.0 Å². The average Bonchev–Trinajstić information content (AvgIpc) is 2.91. The van der Waals surface area contributed by atoms with Crippen LogP contribution in [-0.4, -0.2) is 26.4 Å². The zero-order valence-electron chi connectivity index (χ0n) is 14.5. The van der Waals surface area contributed by atoms with Crippen molar-refractivity contribution in [2.45, 2.75) is 46.2 Å². The molecule has 24 heavy (non-hydrogen) atoms. The summed E-state index contributed by atoms with van der Waals surface area (Å²) in [5.41, 5.74) is 6.46. The smallest absolute Gasteiger partial charge is 0.128 e. The van der Waals surface area contributed by atoms with E-state index < -0.39 is 0 Å². The van der Waals surface area contributed by atoms with E-state index in [-0.39, 0.29) is 0 Å². The molecule has 0 spiro atoms. The Labute approximate surface area is 142 Å². The van der Waals surface area contributed by atoms with Gasteiger partial charge < -0.3 is 4.98 Å². The van der Waals surface area contributed by atoms with Gasteiger partial charge in [-0.1, -0.05) is 25.1 Å². The number of rotatable bonds is 4. The van der Waals surface area contributed by atoms with Gasteiger partial charge in [-0.25, -0.2) is 9.97 Å². The van der Waals surface area contributed by atoms with Gasteiger partial charge in [0.2, 0.25) is 0 Å². The molecule has 3 aromatic rings. The Morgan fingerprint density at radius 2 is 2.12 bits per heavy atom. The van der Waals surface area contributed by atoms with Gasteiger partial charge in [0.05, 0.1) is 5.69 Å². The highest BCUT2D eigenvalue weighted by Crippen LogP contribution is 2.25. The van der Waals surface area contributed by atoms with Crippen molar-refractivity contribution in [3.63, 3.8) is 0 Å². The lowest BCUT2D eigenvalue weighted by Gasteiger charge is -2.28. The van der Waals surface area contributed by atoms with Crippen molar-refractivity contribution >= 4 is 10.9 Å². The van der Waals surface area contributed by atoms with E-state index in [4.69, 9.17) is 4.98 Å². The first-order valence-corrected chi connectivity index (χ1v) is 8.87. The maximum absolute atomic E-state index is 4.81. The lowest BCUT2D eigenvalue weighted by Crippen LogP contribution is -2.31. The van der Waals surface area contributed by atoms with Crippen LogP contribution in [0, 0.1) is 6.92 Å². The maximum atomic E-state index is 4.81. The van der Waals surface area contributed by atoms with Crippen molar-refractivity contribution in [1.29, 1.82) is 0 Å². The Balaban J connectivity index is 1.58. The van der Waals surface area contributed by atoms with Crippen LogP contribution in [0.1, 0.15) is 41.7 Å². The second-order valence-electron chi connectivity index (χ2n) is 6.74. The number of aromatic nitrogens is 3. The number of nitrogens with zero attached hydrogens (tertiary/aromatic N) is 3. The van der Waals surface area contributed by atoms with Crippen LogP contribution in [0.5, 0.6) is 0 Å². The molecule has 0 bridgehead atoms. The summed E-state index contributed by atoms with van der Waals surface area (Å²) in [6.07, 6.45) is 5.15. The van der Waals surface area contributed by atoms with Gasteiger partial charge in [-0.3, -0.25) is 4.90 Å². The third kappa shape index (κ3) is 2.82. The van der Waals surface area contributed by atoms with Gasteiger partial charge in [0, 0.05) is 48.8 Å². The Morgan fingerprint density at radius 1 is 1.25 bits per heavy atom. The minimum Gasteiger partial charge on any atom is -0.358 e. The van der Waals surface area contributed by atoms with Crippen molar-refractivity contribution in [3.8, 4) is 0 Å². The predicted molar refractivity (Wildman–Crippen MR) is 96.9 cm³/mol. The molecule has 4 rings (SSSR count). The first kappa shape index (κ1) is 15.3. The largest absolute Gasteiger partial charge is 0.358 e. The average molecular weight is 320 g/mol. The zero-order chi connectivity index (χ0) is 16.5. The molecule has 1 aromatic carbocycles. The molecular formula is C20H24N4. The highest BCUT2D eigenvalue weighted by molar-refractivity contribution is 5.84. The van der Waals surface area contributed by atoms with Gasteiger partial charge in [-0.2, -0.15) is 0 Å². The summed E-state index contributed by atoms with van der Waals surface area (Å²) >= 11 is 0. The van der Waals surface area contributed by atoms with Crippen molar-refractivity contribution in [1.82, 2.24) is 19.9 Å². The number of fused-ring (bicyclic) bond motifs is 2. The number of hydrogen-bond donors (Lipinski definition) is 1. The summed E-state index contributed by atoms with van der Waals surface area (Å²) in [6, 6.07) is 8.58. The van der Waals surface area contributed by atoms with E-state index >= 15 is 0 Å². The van der Waals surface area contributed by atoms with E-state index in [0.717, 1.165) is 44.7 Å². The van der Waals surface area contributed by atoms with Crippen molar-refractivity contribution in [2.24, 2.45) is 0 Å².